The van der Waals surface area contributed by atoms with Crippen molar-refractivity contribution in [2.24, 2.45) is 0 Å². The van der Waals surface area contributed by atoms with Gasteiger partial charge in [0.15, 0.2) is 0 Å². The largest absolute Gasteiger partial charge is 0.495 e. The molecule has 0 aliphatic heterocycles. The van der Waals surface area contributed by atoms with E-state index in [0.29, 0.717) is 10.7 Å². The van der Waals surface area contributed by atoms with Gasteiger partial charge in [-0.2, -0.15) is 0 Å². The van der Waals surface area contributed by atoms with Crippen LogP contribution in [0.2, 0.25) is 5.02 Å². The van der Waals surface area contributed by atoms with Gasteiger partial charge in [0, 0.05) is 11.2 Å². The Morgan fingerprint density at radius 2 is 2.05 bits per heavy atom. The Balaban J connectivity index is 2.33. The number of rotatable bonds is 5. The van der Waals surface area contributed by atoms with E-state index in [-0.39, 0.29) is 10.6 Å². The zero-order valence-corrected chi connectivity index (χ0v) is 13.1. The van der Waals surface area contributed by atoms with Gasteiger partial charge in [0.2, 0.25) is 10.0 Å². The van der Waals surface area contributed by atoms with E-state index in [1.807, 2.05) is 0 Å². The predicted octanol–water partition coefficient (Wildman–Crippen LogP) is 2.78. The van der Waals surface area contributed by atoms with Gasteiger partial charge in [0.05, 0.1) is 18.8 Å². The van der Waals surface area contributed by atoms with Gasteiger partial charge in [0.1, 0.15) is 10.6 Å². The van der Waals surface area contributed by atoms with Gasteiger partial charge >= 0.3 is 0 Å². The highest BCUT2D eigenvalue weighted by Gasteiger charge is 2.23. The minimum Gasteiger partial charge on any atom is -0.495 e. The molecule has 0 amide bonds. The molecule has 0 aliphatic carbocycles. The van der Waals surface area contributed by atoms with Crippen molar-refractivity contribution in [1.29, 1.82) is 0 Å². The number of benzene rings is 1. The molecular weight excluding hydrogens is 312 g/mol. The predicted molar refractivity (Wildman–Crippen MR) is 81.0 cm³/mol. The van der Waals surface area contributed by atoms with Gasteiger partial charge in [-0.3, -0.25) is 4.98 Å². The van der Waals surface area contributed by atoms with Gasteiger partial charge in [-0.15, -0.1) is 0 Å². The first-order valence-electron chi connectivity index (χ1n) is 6.21. The van der Waals surface area contributed by atoms with E-state index < -0.39 is 16.1 Å². The number of halogens is 1. The molecule has 7 heteroatoms. The molecule has 1 unspecified atom stereocenters. The number of nitrogens with zero attached hydrogens (tertiary/aromatic N) is 1. The fourth-order valence-corrected chi connectivity index (χ4v) is 3.50. The summed E-state index contributed by atoms with van der Waals surface area (Å²) in [4.78, 5) is 4.13. The molecule has 2 aromatic rings. The number of nitrogens with one attached hydrogen (secondary N) is 1. The second-order valence-electron chi connectivity index (χ2n) is 4.39. The van der Waals surface area contributed by atoms with Crippen molar-refractivity contribution in [3.8, 4) is 5.75 Å². The Morgan fingerprint density at radius 3 is 2.67 bits per heavy atom. The summed E-state index contributed by atoms with van der Waals surface area (Å²) in [5, 5.41) is 0.321. The lowest BCUT2D eigenvalue weighted by molar-refractivity contribution is 0.402. The molecule has 0 spiro atoms. The maximum absolute atomic E-state index is 12.5. The monoisotopic (exact) mass is 326 g/mol. The molecule has 1 atom stereocenters. The lowest BCUT2D eigenvalue weighted by Crippen LogP contribution is -2.27. The number of methoxy groups -OCH3 is 1. The third-order valence-electron chi connectivity index (χ3n) is 2.88. The minimum atomic E-state index is -3.77. The fourth-order valence-electron chi connectivity index (χ4n) is 1.85. The first kappa shape index (κ1) is 15.8. The molecule has 0 saturated heterocycles. The average Bonchev–Trinajstić information content (AvgIpc) is 2.47. The number of sulfonamides is 1. The first-order valence-corrected chi connectivity index (χ1v) is 8.07. The third kappa shape index (κ3) is 3.72. The van der Waals surface area contributed by atoms with E-state index in [1.54, 1.807) is 37.4 Å². The summed E-state index contributed by atoms with van der Waals surface area (Å²) in [5.41, 5.74) is 0.627. The van der Waals surface area contributed by atoms with Gasteiger partial charge in [0.25, 0.3) is 0 Å². The fraction of sp³-hybridized carbons (Fsp3) is 0.214. The van der Waals surface area contributed by atoms with Crippen LogP contribution in [0.25, 0.3) is 0 Å². The summed E-state index contributed by atoms with van der Waals surface area (Å²) in [5.74, 6) is 0.236. The summed E-state index contributed by atoms with van der Waals surface area (Å²) in [6, 6.07) is 9.29. The quantitative estimate of drug-likeness (QED) is 0.917. The van der Waals surface area contributed by atoms with Crippen LogP contribution in [0.1, 0.15) is 18.7 Å². The number of aromatic nitrogens is 1. The van der Waals surface area contributed by atoms with Gasteiger partial charge in [-0.1, -0.05) is 17.7 Å². The second-order valence-corrected chi connectivity index (χ2v) is 6.51. The summed E-state index contributed by atoms with van der Waals surface area (Å²) in [6.07, 6.45) is 1.61. The number of hydrogen-bond acceptors (Lipinski definition) is 4. The van der Waals surface area contributed by atoms with Crippen LogP contribution in [0.3, 0.4) is 0 Å². The molecule has 0 saturated carbocycles. The molecule has 1 aromatic carbocycles. The van der Waals surface area contributed by atoms with Crippen molar-refractivity contribution in [3.63, 3.8) is 0 Å². The SMILES string of the molecule is COc1ccc(Cl)cc1S(=O)(=O)NC(C)c1ccccn1. The van der Waals surface area contributed by atoms with E-state index in [0.717, 1.165) is 0 Å². The highest BCUT2D eigenvalue weighted by atomic mass is 35.5. The third-order valence-corrected chi connectivity index (χ3v) is 4.68. The molecule has 1 N–H and O–H groups in total. The van der Waals surface area contributed by atoms with Gasteiger partial charge in [-0.25, -0.2) is 13.1 Å². The van der Waals surface area contributed by atoms with Crippen LogP contribution in [-0.4, -0.2) is 20.5 Å². The molecular formula is C14H15ClN2O3S. The summed E-state index contributed by atoms with van der Waals surface area (Å²) in [6.45, 7) is 1.72. The van der Waals surface area contributed by atoms with E-state index in [1.165, 1.54) is 19.2 Å². The second kappa shape index (κ2) is 6.43. The smallest absolute Gasteiger partial charge is 0.244 e. The van der Waals surface area contributed by atoms with Crippen LogP contribution in [0.5, 0.6) is 5.75 Å². The molecule has 5 nitrogen and oxygen atoms in total. The van der Waals surface area contributed by atoms with Gasteiger partial charge in [-0.05, 0) is 37.3 Å². The Labute approximate surface area is 129 Å². The number of pyridine rings is 1. The highest BCUT2D eigenvalue weighted by molar-refractivity contribution is 7.89. The van der Waals surface area contributed by atoms with Crippen LogP contribution >= 0.6 is 11.6 Å². The molecule has 0 fully saturated rings. The van der Waals surface area contributed by atoms with E-state index in [9.17, 15) is 8.42 Å². The number of ether oxygens (including phenoxy) is 1. The number of hydrogen-bond donors (Lipinski definition) is 1. The van der Waals surface area contributed by atoms with Crippen molar-refractivity contribution >= 4 is 21.6 Å². The summed E-state index contributed by atoms with van der Waals surface area (Å²) < 4.78 is 32.6. The standard InChI is InChI=1S/C14H15ClN2O3S/c1-10(12-5-3-4-8-16-12)17-21(18,19)14-9-11(15)6-7-13(14)20-2/h3-10,17H,1-2H3. The van der Waals surface area contributed by atoms with Crippen molar-refractivity contribution in [2.75, 3.05) is 7.11 Å². The average molecular weight is 327 g/mol. The zero-order chi connectivity index (χ0) is 15.5. The minimum absolute atomic E-state index is 0.000260. The first-order chi connectivity index (χ1) is 9.94. The molecule has 0 aliphatic rings. The molecule has 21 heavy (non-hydrogen) atoms. The van der Waals surface area contributed by atoms with Crippen LogP contribution in [0.15, 0.2) is 47.5 Å². The molecule has 112 valence electrons. The zero-order valence-electron chi connectivity index (χ0n) is 11.6. The topological polar surface area (TPSA) is 68.3 Å². The van der Waals surface area contributed by atoms with Crippen LogP contribution in [-0.2, 0) is 10.0 Å². The molecule has 1 heterocycles. The van der Waals surface area contributed by atoms with Crippen molar-refractivity contribution < 1.29 is 13.2 Å². The highest BCUT2D eigenvalue weighted by Crippen LogP contribution is 2.28. The van der Waals surface area contributed by atoms with Crippen LogP contribution in [0.4, 0.5) is 0 Å². The van der Waals surface area contributed by atoms with Gasteiger partial charge < -0.3 is 4.74 Å². The normalized spacial score (nSPS) is 12.9. The van der Waals surface area contributed by atoms with Crippen LogP contribution in [0, 0.1) is 0 Å². The van der Waals surface area contributed by atoms with E-state index in [2.05, 4.69) is 9.71 Å². The molecule has 0 radical (unpaired) electrons. The Bertz CT molecular complexity index is 720. The Hall–Kier alpha value is -1.63. The Kier molecular flexibility index (Phi) is 4.82. The molecule has 1 aromatic heterocycles. The molecule has 2 rings (SSSR count). The Morgan fingerprint density at radius 1 is 1.29 bits per heavy atom. The lowest BCUT2D eigenvalue weighted by Gasteiger charge is -2.15. The van der Waals surface area contributed by atoms with Crippen LogP contribution < -0.4 is 9.46 Å². The van der Waals surface area contributed by atoms with E-state index in [4.69, 9.17) is 16.3 Å². The summed E-state index contributed by atoms with van der Waals surface area (Å²) in [7, 11) is -2.37. The lowest BCUT2D eigenvalue weighted by atomic mass is 10.2. The van der Waals surface area contributed by atoms with Crippen molar-refractivity contribution in [2.45, 2.75) is 17.9 Å². The van der Waals surface area contributed by atoms with Crippen molar-refractivity contribution in [1.82, 2.24) is 9.71 Å². The van der Waals surface area contributed by atoms with E-state index >= 15 is 0 Å². The molecule has 0 bridgehead atoms. The maximum atomic E-state index is 12.5. The summed E-state index contributed by atoms with van der Waals surface area (Å²) >= 11 is 5.87. The maximum Gasteiger partial charge on any atom is 0.244 e. The van der Waals surface area contributed by atoms with Crippen molar-refractivity contribution in [3.05, 3.63) is 53.3 Å².